The number of hydrogen-bond acceptors (Lipinski definition) is 5. The molecule has 0 radical (unpaired) electrons. The van der Waals surface area contributed by atoms with Gasteiger partial charge in [0.25, 0.3) is 0 Å². The average molecular weight is 403 g/mol. The molecule has 4 rings (SSSR count). The minimum Gasteiger partial charge on any atom is -0.472 e. The second kappa shape index (κ2) is 6.61. The summed E-state index contributed by atoms with van der Waals surface area (Å²) in [4.78, 5) is 24.2. The molecule has 0 spiro atoms. The van der Waals surface area contributed by atoms with Gasteiger partial charge in [0, 0.05) is 37.2 Å². The van der Waals surface area contributed by atoms with Crippen LogP contribution in [0, 0.1) is 22.7 Å². The lowest BCUT2D eigenvalue weighted by Crippen LogP contribution is -2.67. The molecule has 5 heteroatoms. The molecule has 0 saturated heterocycles. The van der Waals surface area contributed by atoms with E-state index in [2.05, 4.69) is 27.7 Å². The first kappa shape index (κ1) is 20.5. The van der Waals surface area contributed by atoms with Gasteiger partial charge in [-0.3, -0.25) is 9.59 Å². The third kappa shape index (κ3) is 2.95. The molecule has 1 aromatic rings. The van der Waals surface area contributed by atoms with Gasteiger partial charge in [0.05, 0.1) is 12.5 Å². The average Bonchev–Trinajstić information content (AvgIpc) is 3.04. The normalized spacial score (nSPS) is 40.2. The predicted octanol–water partition coefficient (Wildman–Crippen LogP) is 4.81. The summed E-state index contributed by atoms with van der Waals surface area (Å²) in [5.41, 5.74) is 1.85. The second-order valence-corrected chi connectivity index (χ2v) is 10.7. The zero-order valence-corrected chi connectivity index (χ0v) is 18.5. The first-order valence-electron chi connectivity index (χ1n) is 10.9. The molecule has 3 aliphatic carbocycles. The molecule has 1 heterocycles. The Morgan fingerprint density at radius 1 is 1.03 bits per heavy atom. The van der Waals surface area contributed by atoms with Crippen molar-refractivity contribution < 1.29 is 23.5 Å². The summed E-state index contributed by atoms with van der Waals surface area (Å²) in [5, 5.41) is 0. The molecular formula is C24H34O5. The quantitative estimate of drug-likeness (QED) is 0.664. The Labute approximate surface area is 173 Å². The Morgan fingerprint density at radius 2 is 1.72 bits per heavy atom. The van der Waals surface area contributed by atoms with Gasteiger partial charge in [0.2, 0.25) is 0 Å². The molecule has 3 aliphatic rings. The maximum Gasteiger partial charge on any atom is 0.302 e. The molecule has 29 heavy (non-hydrogen) atoms. The van der Waals surface area contributed by atoms with E-state index in [4.69, 9.17) is 13.9 Å². The summed E-state index contributed by atoms with van der Waals surface area (Å²) in [6.07, 6.45) is 7.97. The van der Waals surface area contributed by atoms with E-state index in [9.17, 15) is 9.59 Å². The van der Waals surface area contributed by atoms with Crippen molar-refractivity contribution in [1.82, 2.24) is 0 Å². The van der Waals surface area contributed by atoms with Crippen LogP contribution in [0.25, 0.3) is 0 Å². The van der Waals surface area contributed by atoms with Crippen molar-refractivity contribution >= 4 is 11.9 Å². The maximum absolute atomic E-state index is 12.1. The van der Waals surface area contributed by atoms with E-state index >= 15 is 0 Å². The van der Waals surface area contributed by atoms with Crippen LogP contribution < -0.4 is 0 Å². The lowest BCUT2D eigenvalue weighted by molar-refractivity contribution is -0.210. The molecule has 0 unspecified atom stereocenters. The van der Waals surface area contributed by atoms with Crippen LogP contribution in [0.5, 0.6) is 0 Å². The Hall–Kier alpha value is -1.78. The van der Waals surface area contributed by atoms with Crippen LogP contribution >= 0.6 is 0 Å². The standard InChI is InChI=1S/C24H34O5/c1-14(25)28-18-10-16-12-27-13-17(16)24(6)20(29-15(2)26)11-19-22(3,4)8-7-9-23(19,5)21(18)24/h12-13,18-21H,7-11H2,1-6H3/t18-,19-,20-,21+,23-,24+/m0/s1. The Morgan fingerprint density at radius 3 is 2.38 bits per heavy atom. The highest BCUT2D eigenvalue weighted by atomic mass is 16.6. The number of esters is 2. The van der Waals surface area contributed by atoms with Gasteiger partial charge in [0.15, 0.2) is 0 Å². The fourth-order valence-corrected chi connectivity index (χ4v) is 7.61. The van der Waals surface area contributed by atoms with Crippen LogP contribution in [0.4, 0.5) is 0 Å². The van der Waals surface area contributed by atoms with Crippen molar-refractivity contribution in [3.05, 3.63) is 23.7 Å². The third-order valence-corrected chi connectivity index (χ3v) is 8.49. The summed E-state index contributed by atoms with van der Waals surface area (Å²) >= 11 is 0. The third-order valence-electron chi connectivity index (χ3n) is 8.49. The zero-order chi connectivity index (χ0) is 21.2. The van der Waals surface area contributed by atoms with Crippen molar-refractivity contribution in [2.75, 3.05) is 0 Å². The molecule has 160 valence electrons. The first-order chi connectivity index (χ1) is 13.5. The molecule has 0 bridgehead atoms. The van der Waals surface area contributed by atoms with E-state index in [0.717, 1.165) is 30.4 Å². The summed E-state index contributed by atoms with van der Waals surface area (Å²) in [5.74, 6) is -0.0645. The van der Waals surface area contributed by atoms with Gasteiger partial charge in [-0.05, 0) is 41.6 Å². The van der Waals surface area contributed by atoms with E-state index in [-0.39, 0.29) is 40.9 Å². The molecule has 0 aromatic carbocycles. The van der Waals surface area contributed by atoms with Gasteiger partial charge >= 0.3 is 11.9 Å². The lowest BCUT2D eigenvalue weighted by atomic mass is 9.39. The Kier molecular flexibility index (Phi) is 4.67. The number of furan rings is 1. The molecule has 1 aromatic heterocycles. The molecule has 0 amide bonds. The van der Waals surface area contributed by atoms with E-state index < -0.39 is 5.41 Å². The van der Waals surface area contributed by atoms with E-state index in [0.29, 0.717) is 12.3 Å². The van der Waals surface area contributed by atoms with Crippen molar-refractivity contribution in [2.45, 2.75) is 91.3 Å². The number of hydrogen-bond donors (Lipinski definition) is 0. The minimum atomic E-state index is -0.453. The van der Waals surface area contributed by atoms with Crippen LogP contribution in [-0.2, 0) is 30.9 Å². The fraction of sp³-hybridized carbons (Fsp3) is 0.750. The van der Waals surface area contributed by atoms with Gasteiger partial charge in [-0.15, -0.1) is 0 Å². The van der Waals surface area contributed by atoms with Crippen LogP contribution in [0.15, 0.2) is 16.9 Å². The van der Waals surface area contributed by atoms with Crippen LogP contribution in [0.2, 0.25) is 0 Å². The summed E-state index contributed by atoms with van der Waals surface area (Å²) < 4.78 is 17.6. The Bertz CT molecular complexity index is 823. The topological polar surface area (TPSA) is 65.7 Å². The lowest BCUT2D eigenvalue weighted by Gasteiger charge is -2.66. The highest BCUT2D eigenvalue weighted by Gasteiger charge is 2.67. The van der Waals surface area contributed by atoms with Gasteiger partial charge in [-0.25, -0.2) is 0 Å². The number of rotatable bonds is 2. The highest BCUT2D eigenvalue weighted by Crippen LogP contribution is 2.67. The highest BCUT2D eigenvalue weighted by molar-refractivity contribution is 5.67. The molecule has 2 fully saturated rings. The van der Waals surface area contributed by atoms with E-state index in [1.165, 1.54) is 20.3 Å². The monoisotopic (exact) mass is 402 g/mol. The molecular weight excluding hydrogens is 368 g/mol. The first-order valence-corrected chi connectivity index (χ1v) is 10.9. The number of carbonyl (C=O) groups excluding carboxylic acids is 2. The van der Waals surface area contributed by atoms with E-state index in [1.54, 1.807) is 6.26 Å². The molecule has 5 nitrogen and oxygen atoms in total. The molecule has 0 N–H and O–H groups in total. The zero-order valence-electron chi connectivity index (χ0n) is 18.5. The predicted molar refractivity (Wildman–Crippen MR) is 108 cm³/mol. The molecule has 6 atom stereocenters. The van der Waals surface area contributed by atoms with Crippen LogP contribution in [0.3, 0.4) is 0 Å². The van der Waals surface area contributed by atoms with Crippen molar-refractivity contribution in [1.29, 1.82) is 0 Å². The summed E-state index contributed by atoms with van der Waals surface area (Å²) in [7, 11) is 0. The van der Waals surface area contributed by atoms with E-state index in [1.807, 2.05) is 6.26 Å². The van der Waals surface area contributed by atoms with Crippen LogP contribution in [-0.4, -0.2) is 24.1 Å². The molecule has 0 aliphatic heterocycles. The van der Waals surface area contributed by atoms with Gasteiger partial charge in [0.1, 0.15) is 12.2 Å². The second-order valence-electron chi connectivity index (χ2n) is 10.7. The molecule has 2 saturated carbocycles. The minimum absolute atomic E-state index is 0.0117. The van der Waals surface area contributed by atoms with Crippen LogP contribution in [0.1, 0.15) is 78.4 Å². The Balaban J connectivity index is 1.92. The maximum atomic E-state index is 12.1. The number of ether oxygens (including phenoxy) is 2. The summed E-state index contributed by atoms with van der Waals surface area (Å²) in [6, 6.07) is 0. The smallest absolute Gasteiger partial charge is 0.302 e. The summed E-state index contributed by atoms with van der Waals surface area (Å²) in [6.45, 7) is 12.2. The number of carbonyl (C=O) groups is 2. The SMILES string of the molecule is CC(=O)O[C@H]1Cc2cocc2[C@]2(C)[C@@H](OC(C)=O)C[C@H]3C(C)(C)CCC[C@]3(C)[C@@H]12. The van der Waals surface area contributed by atoms with Gasteiger partial charge in [-0.2, -0.15) is 0 Å². The van der Waals surface area contributed by atoms with Gasteiger partial charge in [-0.1, -0.05) is 34.1 Å². The fourth-order valence-electron chi connectivity index (χ4n) is 7.61. The number of fused-ring (bicyclic) bond motifs is 5. The van der Waals surface area contributed by atoms with Crippen molar-refractivity contribution in [2.24, 2.45) is 22.7 Å². The van der Waals surface area contributed by atoms with Gasteiger partial charge < -0.3 is 13.9 Å². The largest absolute Gasteiger partial charge is 0.472 e. The van der Waals surface area contributed by atoms with Crippen molar-refractivity contribution in [3.63, 3.8) is 0 Å². The van der Waals surface area contributed by atoms with Crippen molar-refractivity contribution in [3.8, 4) is 0 Å².